The first-order valence-corrected chi connectivity index (χ1v) is 17.5. The van der Waals surface area contributed by atoms with E-state index in [1.54, 1.807) is 36.4 Å². The van der Waals surface area contributed by atoms with Crippen molar-refractivity contribution in [1.82, 2.24) is 10.2 Å². The molecule has 0 unspecified atom stereocenters. The second-order valence-corrected chi connectivity index (χ2v) is 13.6. The molecule has 1 fully saturated rings. The van der Waals surface area contributed by atoms with E-state index in [4.69, 9.17) is 9.47 Å². The lowest BCUT2D eigenvalue weighted by molar-refractivity contribution is -0.276. The van der Waals surface area contributed by atoms with Crippen LogP contribution in [0.5, 0.6) is 5.75 Å². The highest BCUT2D eigenvalue weighted by Crippen LogP contribution is 2.42. The van der Waals surface area contributed by atoms with Gasteiger partial charge in [0.25, 0.3) is 5.91 Å². The fraction of sp³-hybridized carbons (Fsp3) is 0.262. The van der Waals surface area contributed by atoms with Crippen molar-refractivity contribution in [3.8, 4) is 16.9 Å². The molecule has 1 amide bonds. The zero-order chi connectivity index (χ0) is 39.4. The summed E-state index contributed by atoms with van der Waals surface area (Å²) in [5.74, 6) is -12.7. The number of aliphatic hydroxyl groups is 2. The number of phenols is 1. The van der Waals surface area contributed by atoms with Crippen molar-refractivity contribution < 1.29 is 51.5 Å². The molecule has 0 aliphatic carbocycles. The number of rotatable bonds is 12. The van der Waals surface area contributed by atoms with Gasteiger partial charge in [0, 0.05) is 31.1 Å². The minimum absolute atomic E-state index is 0.0603. The predicted octanol–water partition coefficient (Wildman–Crippen LogP) is 7.63. The Bertz CT molecular complexity index is 2120. The Morgan fingerprint density at radius 1 is 0.782 bits per heavy atom. The average molecular weight is 763 g/mol. The van der Waals surface area contributed by atoms with E-state index in [9.17, 15) is 42.1 Å². The molecule has 288 valence electrons. The number of ether oxygens (including phenoxy) is 2. The van der Waals surface area contributed by atoms with Crippen LogP contribution in [0.15, 0.2) is 97.1 Å². The Morgan fingerprint density at radius 2 is 1.42 bits per heavy atom. The number of aliphatic hydroxyl groups excluding tert-OH is 2. The van der Waals surface area contributed by atoms with Crippen LogP contribution in [0.3, 0.4) is 0 Å². The Balaban J connectivity index is 1.21. The van der Waals surface area contributed by atoms with Crippen molar-refractivity contribution in [2.24, 2.45) is 5.92 Å². The van der Waals surface area contributed by atoms with E-state index >= 15 is 0 Å². The molecule has 4 N–H and O–H groups in total. The first-order valence-electron chi connectivity index (χ1n) is 17.5. The van der Waals surface area contributed by atoms with Crippen LogP contribution in [0.25, 0.3) is 11.1 Å². The van der Waals surface area contributed by atoms with Crippen LogP contribution in [0.2, 0.25) is 0 Å². The fourth-order valence-corrected chi connectivity index (χ4v) is 6.64. The van der Waals surface area contributed by atoms with Crippen molar-refractivity contribution in [3.05, 3.63) is 160 Å². The summed E-state index contributed by atoms with van der Waals surface area (Å²) in [6.45, 7) is 2.35. The van der Waals surface area contributed by atoms with Gasteiger partial charge in [-0.3, -0.25) is 4.79 Å². The smallest absolute Gasteiger partial charge is 0.257 e. The van der Waals surface area contributed by atoms with Gasteiger partial charge < -0.3 is 35.0 Å². The number of aromatic hydroxyl groups is 1. The van der Waals surface area contributed by atoms with E-state index in [1.807, 2.05) is 67.4 Å². The molecule has 0 spiro atoms. The maximum absolute atomic E-state index is 14.2. The number of carbonyl (C=O) groups is 1. The molecule has 5 aromatic carbocycles. The van der Waals surface area contributed by atoms with Gasteiger partial charge in [0.15, 0.2) is 29.6 Å². The Hall–Kier alpha value is -5.18. The number of nitrogens with one attached hydrogen (secondary N) is 1. The van der Waals surface area contributed by atoms with Crippen molar-refractivity contribution in [1.29, 1.82) is 0 Å². The van der Waals surface area contributed by atoms with E-state index in [1.165, 1.54) is 12.1 Å². The van der Waals surface area contributed by atoms with E-state index in [0.717, 1.165) is 16.7 Å². The second-order valence-electron chi connectivity index (χ2n) is 13.6. The summed E-state index contributed by atoms with van der Waals surface area (Å²) in [6, 6.07) is 28.2. The van der Waals surface area contributed by atoms with Gasteiger partial charge in [-0.1, -0.05) is 79.7 Å². The summed E-state index contributed by atoms with van der Waals surface area (Å²) in [5.41, 5.74) is 3.27. The van der Waals surface area contributed by atoms with Crippen molar-refractivity contribution >= 4 is 5.91 Å². The summed E-state index contributed by atoms with van der Waals surface area (Å²) in [6.07, 6.45) is -2.45. The predicted molar refractivity (Wildman–Crippen MR) is 193 cm³/mol. The summed E-state index contributed by atoms with van der Waals surface area (Å²) < 4.78 is 82.5. The molecular weight excluding hydrogens is 723 g/mol. The maximum Gasteiger partial charge on any atom is 0.257 e. The van der Waals surface area contributed by atoms with E-state index in [0.29, 0.717) is 28.8 Å². The van der Waals surface area contributed by atoms with Gasteiger partial charge in [-0.2, -0.15) is 0 Å². The fourth-order valence-electron chi connectivity index (χ4n) is 6.64. The van der Waals surface area contributed by atoms with Crippen LogP contribution in [0.1, 0.15) is 63.6 Å². The topological polar surface area (TPSA) is 111 Å². The quantitative estimate of drug-likeness (QED) is 0.0588. The summed E-state index contributed by atoms with van der Waals surface area (Å²) in [5, 5.41) is 32.6. The molecule has 6 rings (SSSR count). The Morgan fingerprint density at radius 3 is 2.09 bits per heavy atom. The number of carbonyl (C=O) groups excluding carboxylic acids is 1. The molecule has 1 aliphatic rings. The molecule has 8 nitrogen and oxygen atoms in total. The number of likely N-dealkylation sites (N-methyl/N-ethyl adjacent to an activating group) is 1. The van der Waals surface area contributed by atoms with Crippen LogP contribution >= 0.6 is 0 Å². The molecule has 1 saturated heterocycles. The number of benzene rings is 5. The minimum atomic E-state index is -2.35. The summed E-state index contributed by atoms with van der Waals surface area (Å²) in [4.78, 5) is 14.5. The third-order valence-corrected chi connectivity index (χ3v) is 9.66. The lowest BCUT2D eigenvalue weighted by atomic mass is 9.89. The maximum atomic E-state index is 14.2. The van der Waals surface area contributed by atoms with Gasteiger partial charge in [0.2, 0.25) is 5.82 Å². The highest BCUT2D eigenvalue weighted by Gasteiger charge is 2.39. The van der Waals surface area contributed by atoms with Gasteiger partial charge in [-0.25, -0.2) is 22.0 Å². The summed E-state index contributed by atoms with van der Waals surface area (Å²) >= 11 is 0. The minimum Gasteiger partial charge on any atom is -0.508 e. The third-order valence-electron chi connectivity index (χ3n) is 9.66. The van der Waals surface area contributed by atoms with E-state index in [2.05, 4.69) is 5.32 Å². The van der Waals surface area contributed by atoms with Crippen LogP contribution in [-0.4, -0.2) is 52.4 Å². The number of halogens is 5. The van der Waals surface area contributed by atoms with Crippen LogP contribution in [0.4, 0.5) is 22.0 Å². The molecule has 1 aliphatic heterocycles. The first-order chi connectivity index (χ1) is 26.3. The SMILES string of the molecule is C[C@H]1[C@@H](CN(C)C[C@@H](O)c2cccc(O)c2)O[C@@H](c2cccc(-c3cccc(CNC(=O)c4c(F)c(F)c(F)c(F)c4F)c3)c2)O[C@H]1c1ccc(CO)cc1. The second kappa shape index (κ2) is 17.1. The Labute approximate surface area is 314 Å². The molecule has 0 bridgehead atoms. The molecule has 5 aromatic rings. The number of nitrogens with zero attached hydrogens (tertiary/aromatic N) is 1. The van der Waals surface area contributed by atoms with Crippen molar-refractivity contribution in [2.75, 3.05) is 20.1 Å². The first kappa shape index (κ1) is 39.5. The van der Waals surface area contributed by atoms with Gasteiger partial charge >= 0.3 is 0 Å². The zero-order valence-corrected chi connectivity index (χ0v) is 29.9. The third kappa shape index (κ3) is 8.87. The molecule has 13 heteroatoms. The van der Waals surface area contributed by atoms with Crippen LogP contribution in [0, 0.1) is 35.0 Å². The number of phenolic OH excluding ortho intramolecular Hbond substituents is 1. The zero-order valence-electron chi connectivity index (χ0n) is 29.9. The van der Waals surface area contributed by atoms with Crippen molar-refractivity contribution in [2.45, 2.75) is 44.7 Å². The lowest BCUT2D eigenvalue weighted by Crippen LogP contribution is -2.44. The molecule has 5 atom stereocenters. The van der Waals surface area contributed by atoms with E-state index < -0.39 is 59.1 Å². The largest absolute Gasteiger partial charge is 0.508 e. The summed E-state index contributed by atoms with van der Waals surface area (Å²) in [7, 11) is 1.87. The molecular formula is C42H39F5N2O6. The number of hydrogen-bond acceptors (Lipinski definition) is 7. The Kier molecular flexibility index (Phi) is 12.3. The molecule has 55 heavy (non-hydrogen) atoms. The lowest BCUT2D eigenvalue weighted by Gasteiger charge is -2.42. The van der Waals surface area contributed by atoms with Crippen molar-refractivity contribution in [3.63, 3.8) is 0 Å². The molecule has 0 aromatic heterocycles. The van der Waals surface area contributed by atoms with Gasteiger partial charge in [0.1, 0.15) is 11.3 Å². The van der Waals surface area contributed by atoms with Crippen LogP contribution in [-0.2, 0) is 22.6 Å². The normalized spacial score (nSPS) is 19.0. The van der Waals surface area contributed by atoms with Gasteiger partial charge in [-0.05, 0) is 64.7 Å². The highest BCUT2D eigenvalue weighted by atomic mass is 19.2. The molecule has 1 heterocycles. The van der Waals surface area contributed by atoms with Gasteiger partial charge in [0.05, 0.1) is 24.9 Å². The average Bonchev–Trinajstić information content (AvgIpc) is 3.19. The number of hydrogen-bond donors (Lipinski definition) is 4. The highest BCUT2D eigenvalue weighted by molar-refractivity contribution is 5.94. The van der Waals surface area contributed by atoms with Gasteiger partial charge in [-0.15, -0.1) is 0 Å². The molecule has 0 radical (unpaired) electrons. The molecule has 0 saturated carbocycles. The van der Waals surface area contributed by atoms with Crippen LogP contribution < -0.4 is 5.32 Å². The standard InChI is InChI=1S/C42H39F5N2O6/c1-23-33(21-49(2)20-32(52)29-9-5-11-31(51)18-29)54-42(55-40(23)26-14-12-24(22-50)13-15-26)30-10-4-8-28(17-30)27-7-3-6-25(16-27)19-48-41(53)34-35(43)37(45)39(47)38(46)36(34)44/h3-18,23,32-33,40,42,50-52H,19-22H2,1-2H3,(H,48,53)/t23-,32+,33+,40+,42+/m0/s1. The number of amides is 1. The monoisotopic (exact) mass is 762 g/mol. The van der Waals surface area contributed by atoms with E-state index in [-0.39, 0.29) is 37.5 Å².